The maximum absolute atomic E-state index is 12.4. The predicted octanol–water partition coefficient (Wildman–Crippen LogP) is 6.58. The molecule has 0 atom stereocenters. The fourth-order valence-corrected chi connectivity index (χ4v) is 5.28. The molecule has 1 aromatic carbocycles. The van der Waals surface area contributed by atoms with Crippen LogP contribution >= 0.6 is 46.3 Å². The number of anilines is 2. The van der Waals surface area contributed by atoms with Crippen molar-refractivity contribution in [2.75, 3.05) is 35.1 Å². The molecule has 184 valence electrons. The molecule has 0 radical (unpaired) electrons. The van der Waals surface area contributed by atoms with Crippen LogP contribution in [0.25, 0.3) is 0 Å². The van der Waals surface area contributed by atoms with E-state index in [1.165, 1.54) is 11.3 Å². The van der Waals surface area contributed by atoms with Crippen LogP contribution in [0, 0.1) is 0 Å². The van der Waals surface area contributed by atoms with E-state index in [9.17, 15) is 4.79 Å². The minimum Gasteiger partial charge on any atom is -0.444 e. The lowest BCUT2D eigenvalue weighted by Gasteiger charge is -2.23. The number of nitrogens with zero attached hydrogens (tertiary/aromatic N) is 3. The molecule has 2 aromatic heterocycles. The van der Waals surface area contributed by atoms with E-state index >= 15 is 0 Å². The van der Waals surface area contributed by atoms with Gasteiger partial charge in [-0.1, -0.05) is 44.2 Å². The molecule has 0 spiro atoms. The molecule has 3 aromatic rings. The average molecular weight is 542 g/mol. The zero-order chi connectivity index (χ0) is 24.6. The number of aromatic nitrogens is 2. The van der Waals surface area contributed by atoms with Crippen LogP contribution in [-0.4, -0.2) is 40.7 Å². The largest absolute Gasteiger partial charge is 0.444 e. The Bertz CT molecular complexity index is 1040. The third-order valence-corrected chi connectivity index (χ3v) is 7.44. The number of amides is 1. The lowest BCUT2D eigenvalue weighted by Crippen LogP contribution is -2.27. The first kappa shape index (κ1) is 26.9. The quantitative estimate of drug-likeness (QED) is 0.206. The summed E-state index contributed by atoms with van der Waals surface area (Å²) in [7, 11) is 0. The number of oxazole rings is 1. The SMILES string of the molecule is CC(C)(C)c1cnc(CSc2cnc(NC(=O)CCc3ccc(N(CCCl)CCCl)cc3)s2)o1. The smallest absolute Gasteiger partial charge is 0.226 e. The van der Waals surface area contributed by atoms with E-state index < -0.39 is 0 Å². The van der Waals surface area contributed by atoms with Gasteiger partial charge in [0.1, 0.15) is 5.76 Å². The van der Waals surface area contributed by atoms with Crippen molar-refractivity contribution in [1.29, 1.82) is 0 Å². The van der Waals surface area contributed by atoms with Gasteiger partial charge in [-0.15, -0.1) is 35.0 Å². The number of hydrogen-bond acceptors (Lipinski definition) is 7. The Labute approximate surface area is 219 Å². The van der Waals surface area contributed by atoms with Crippen LogP contribution in [0.5, 0.6) is 0 Å². The van der Waals surface area contributed by atoms with E-state index in [1.807, 2.05) is 12.1 Å². The summed E-state index contributed by atoms with van der Waals surface area (Å²) in [4.78, 5) is 23.2. The second-order valence-electron chi connectivity index (χ2n) is 8.72. The van der Waals surface area contributed by atoms with Crippen LogP contribution in [0.15, 0.2) is 45.3 Å². The van der Waals surface area contributed by atoms with Crippen molar-refractivity contribution in [3.8, 4) is 0 Å². The highest BCUT2D eigenvalue weighted by molar-refractivity contribution is 8.00. The minimum absolute atomic E-state index is 0.0524. The van der Waals surface area contributed by atoms with Crippen molar-refractivity contribution in [3.05, 3.63) is 53.9 Å². The molecule has 0 aliphatic heterocycles. The third-order valence-electron chi connectivity index (χ3n) is 5.01. The number of aryl methyl sites for hydroxylation is 1. The Balaban J connectivity index is 1.44. The molecule has 34 heavy (non-hydrogen) atoms. The Morgan fingerprint density at radius 3 is 2.44 bits per heavy atom. The number of thiazole rings is 1. The number of carbonyl (C=O) groups is 1. The molecule has 1 N–H and O–H groups in total. The van der Waals surface area contributed by atoms with Crippen molar-refractivity contribution in [3.63, 3.8) is 0 Å². The summed E-state index contributed by atoms with van der Waals surface area (Å²) in [5, 5.41) is 3.50. The number of carbonyl (C=O) groups excluding carboxylic acids is 1. The molecule has 6 nitrogen and oxygen atoms in total. The summed E-state index contributed by atoms with van der Waals surface area (Å²) in [5.41, 5.74) is 2.13. The number of alkyl halides is 2. The van der Waals surface area contributed by atoms with Gasteiger partial charge in [0, 0.05) is 42.4 Å². The first-order valence-corrected chi connectivity index (χ1v) is 13.9. The zero-order valence-corrected chi connectivity index (χ0v) is 22.8. The summed E-state index contributed by atoms with van der Waals surface area (Å²) in [6.45, 7) is 7.78. The van der Waals surface area contributed by atoms with Gasteiger partial charge < -0.3 is 14.6 Å². The van der Waals surface area contributed by atoms with Crippen LogP contribution in [0.4, 0.5) is 10.8 Å². The van der Waals surface area contributed by atoms with Gasteiger partial charge in [-0.2, -0.15) is 0 Å². The van der Waals surface area contributed by atoms with E-state index in [4.69, 9.17) is 27.6 Å². The van der Waals surface area contributed by atoms with Crippen LogP contribution in [0.1, 0.15) is 44.4 Å². The second kappa shape index (κ2) is 12.8. The van der Waals surface area contributed by atoms with E-state index in [2.05, 4.69) is 53.1 Å². The monoisotopic (exact) mass is 540 g/mol. The van der Waals surface area contributed by atoms with Crippen LogP contribution < -0.4 is 10.2 Å². The molecule has 3 rings (SSSR count). The molecule has 1 amide bonds. The normalized spacial score (nSPS) is 11.6. The number of benzene rings is 1. The molecule has 0 saturated carbocycles. The summed E-state index contributed by atoms with van der Waals surface area (Å²) >= 11 is 14.8. The summed E-state index contributed by atoms with van der Waals surface area (Å²) in [6, 6.07) is 8.19. The zero-order valence-electron chi connectivity index (χ0n) is 19.6. The molecule has 2 heterocycles. The molecule has 0 bridgehead atoms. The van der Waals surface area contributed by atoms with E-state index in [0.717, 1.165) is 34.3 Å². The molecular formula is C24H30Cl2N4O2S2. The van der Waals surface area contributed by atoms with Crippen molar-refractivity contribution in [2.45, 2.75) is 49.0 Å². The molecule has 0 saturated heterocycles. The Morgan fingerprint density at radius 2 is 1.82 bits per heavy atom. The highest BCUT2D eigenvalue weighted by atomic mass is 35.5. The lowest BCUT2D eigenvalue weighted by molar-refractivity contribution is -0.116. The highest BCUT2D eigenvalue weighted by Crippen LogP contribution is 2.32. The molecular weight excluding hydrogens is 511 g/mol. The second-order valence-corrected chi connectivity index (χ2v) is 11.8. The van der Waals surface area contributed by atoms with Crippen molar-refractivity contribution >= 4 is 63.0 Å². The van der Waals surface area contributed by atoms with Crippen LogP contribution in [-0.2, 0) is 22.4 Å². The molecule has 0 unspecified atom stereocenters. The lowest BCUT2D eigenvalue weighted by atomic mass is 9.94. The number of thioether (sulfide) groups is 1. The number of halogens is 2. The Hall–Kier alpha value is -1.74. The number of rotatable bonds is 12. The van der Waals surface area contributed by atoms with E-state index in [0.29, 0.717) is 41.4 Å². The highest BCUT2D eigenvalue weighted by Gasteiger charge is 2.19. The van der Waals surface area contributed by atoms with Gasteiger partial charge in [-0.3, -0.25) is 4.79 Å². The van der Waals surface area contributed by atoms with Gasteiger partial charge in [0.25, 0.3) is 0 Å². The van der Waals surface area contributed by atoms with Gasteiger partial charge >= 0.3 is 0 Å². The number of nitrogens with one attached hydrogen (secondary N) is 1. The van der Waals surface area contributed by atoms with Gasteiger partial charge in [0.05, 0.1) is 22.4 Å². The van der Waals surface area contributed by atoms with Crippen molar-refractivity contribution in [1.82, 2.24) is 9.97 Å². The standard InChI is InChI=1S/C24H30Cl2N4O2S2/c1-24(2,3)19-14-27-21(32-19)16-33-22-15-28-23(34-22)29-20(31)9-6-17-4-7-18(8-5-17)30(12-10-25)13-11-26/h4-5,7-8,14-15H,6,9-13,16H2,1-3H3,(H,28,29,31). The van der Waals surface area contributed by atoms with E-state index in [-0.39, 0.29) is 11.3 Å². The summed E-state index contributed by atoms with van der Waals surface area (Å²) in [6.07, 6.45) is 4.60. The fraction of sp³-hybridized carbons (Fsp3) is 0.458. The van der Waals surface area contributed by atoms with E-state index in [1.54, 1.807) is 24.2 Å². The van der Waals surface area contributed by atoms with Gasteiger partial charge in [0.2, 0.25) is 11.8 Å². The first-order chi connectivity index (χ1) is 16.3. The van der Waals surface area contributed by atoms with Gasteiger partial charge in [-0.05, 0) is 24.1 Å². The van der Waals surface area contributed by atoms with Crippen molar-refractivity contribution < 1.29 is 9.21 Å². The molecule has 10 heteroatoms. The maximum atomic E-state index is 12.4. The summed E-state index contributed by atoms with van der Waals surface area (Å²) in [5.74, 6) is 3.23. The third kappa shape index (κ3) is 8.18. The Morgan fingerprint density at radius 1 is 1.12 bits per heavy atom. The molecule has 0 aliphatic rings. The number of hydrogen-bond donors (Lipinski definition) is 1. The van der Waals surface area contributed by atoms with Gasteiger partial charge in [-0.25, -0.2) is 9.97 Å². The minimum atomic E-state index is -0.0608. The van der Waals surface area contributed by atoms with Gasteiger partial charge in [0.15, 0.2) is 5.13 Å². The average Bonchev–Trinajstić information content (AvgIpc) is 3.46. The van der Waals surface area contributed by atoms with Crippen LogP contribution in [0.3, 0.4) is 0 Å². The topological polar surface area (TPSA) is 71.3 Å². The fourth-order valence-electron chi connectivity index (χ4n) is 3.13. The van der Waals surface area contributed by atoms with Crippen LogP contribution in [0.2, 0.25) is 0 Å². The Kier molecular flexibility index (Phi) is 10.1. The maximum Gasteiger partial charge on any atom is 0.226 e. The molecule has 0 aliphatic carbocycles. The molecule has 0 fully saturated rings. The van der Waals surface area contributed by atoms with Crippen molar-refractivity contribution in [2.24, 2.45) is 0 Å². The predicted molar refractivity (Wildman–Crippen MR) is 144 cm³/mol. The summed E-state index contributed by atoms with van der Waals surface area (Å²) < 4.78 is 6.83. The first-order valence-electron chi connectivity index (χ1n) is 11.1.